The van der Waals surface area contributed by atoms with Gasteiger partial charge in [-0.3, -0.25) is 29.0 Å². The third-order valence-corrected chi connectivity index (χ3v) is 13.4. The van der Waals surface area contributed by atoms with Gasteiger partial charge in [-0.15, -0.1) is 0 Å². The summed E-state index contributed by atoms with van der Waals surface area (Å²) in [5, 5.41) is 5.02. The fourth-order valence-electron chi connectivity index (χ4n) is 8.96. The molecular weight excluding hydrogens is 868 g/mol. The minimum atomic E-state index is -0.371. The lowest BCUT2D eigenvalue weighted by molar-refractivity contribution is 0.0565. The molecule has 5 aromatic carbocycles. The lowest BCUT2D eigenvalue weighted by atomic mass is 9.81. The summed E-state index contributed by atoms with van der Waals surface area (Å²) in [6.07, 6.45) is 7.63. The van der Waals surface area contributed by atoms with E-state index in [2.05, 4.69) is 59.6 Å². The Kier molecular flexibility index (Phi) is 13.0. The molecule has 0 fully saturated rings. The first-order valence-corrected chi connectivity index (χ1v) is 22.3. The zero-order valence-corrected chi connectivity index (χ0v) is 37.5. The Bertz CT molecular complexity index is 2290. The summed E-state index contributed by atoms with van der Waals surface area (Å²) < 4.78 is 25.1. The molecule has 2 aliphatic rings. The molecule has 2 heterocycles. The maximum Gasteiger partial charge on any atom is 0.261 e. The first-order valence-electron chi connectivity index (χ1n) is 20.7. The van der Waals surface area contributed by atoms with E-state index in [0.29, 0.717) is 98.9 Å². The molecule has 2 atom stereocenters. The number of fused-ring (bicyclic) bond motifs is 2. The van der Waals surface area contributed by atoms with Crippen LogP contribution in [-0.2, 0) is 9.47 Å². The van der Waals surface area contributed by atoms with Gasteiger partial charge in [0.05, 0.1) is 24.3 Å². The summed E-state index contributed by atoms with van der Waals surface area (Å²) in [7, 11) is 3.19. The summed E-state index contributed by atoms with van der Waals surface area (Å²) in [5.41, 5.74) is 1.58. The molecular formula is C46H52Br2N2O8. The molecule has 2 aliphatic heterocycles. The monoisotopic (exact) mass is 918 g/mol. The minimum Gasteiger partial charge on any atom is -0.490 e. The summed E-state index contributed by atoms with van der Waals surface area (Å²) in [6.45, 7) is 10.1. The van der Waals surface area contributed by atoms with Crippen molar-refractivity contribution in [2.75, 3.05) is 53.7 Å². The number of nitrogens with zero attached hydrogens (tertiary/aromatic N) is 2. The van der Waals surface area contributed by atoms with Crippen LogP contribution in [0.5, 0.6) is 11.5 Å². The maximum atomic E-state index is 14.7. The van der Waals surface area contributed by atoms with Crippen molar-refractivity contribution in [3.8, 4) is 11.5 Å². The van der Waals surface area contributed by atoms with E-state index in [4.69, 9.17) is 18.9 Å². The smallest absolute Gasteiger partial charge is 0.261 e. The molecule has 0 saturated carbocycles. The number of ether oxygens (including phenoxy) is 4. The molecule has 0 aromatic heterocycles. The van der Waals surface area contributed by atoms with Gasteiger partial charge in [0.2, 0.25) is 0 Å². The lowest BCUT2D eigenvalue weighted by Crippen LogP contribution is -2.43. The van der Waals surface area contributed by atoms with E-state index in [1.807, 2.05) is 12.1 Å². The van der Waals surface area contributed by atoms with Gasteiger partial charge < -0.3 is 18.9 Å². The highest BCUT2D eigenvalue weighted by molar-refractivity contribution is 9.11. The average Bonchev–Trinajstić information content (AvgIpc) is 3.22. The Balaban J connectivity index is 1.58. The van der Waals surface area contributed by atoms with Crippen molar-refractivity contribution in [3.63, 3.8) is 0 Å². The number of hydrogen-bond donors (Lipinski definition) is 0. The number of halogens is 2. The summed E-state index contributed by atoms with van der Waals surface area (Å²) in [5.74, 6) is -0.238. The number of benzene rings is 5. The highest BCUT2D eigenvalue weighted by Crippen LogP contribution is 2.55. The number of rotatable bonds is 20. The van der Waals surface area contributed by atoms with Crippen LogP contribution in [0, 0.1) is 11.8 Å². The number of unbranched alkanes of at least 4 members (excludes halogenated alkanes) is 2. The normalized spacial score (nSPS) is 15.2. The van der Waals surface area contributed by atoms with E-state index in [0.717, 1.165) is 51.4 Å². The molecule has 10 nitrogen and oxygen atoms in total. The second-order valence-electron chi connectivity index (χ2n) is 15.6. The topological polar surface area (TPSA) is 112 Å². The van der Waals surface area contributed by atoms with Crippen molar-refractivity contribution in [1.82, 2.24) is 9.80 Å². The van der Waals surface area contributed by atoms with Crippen LogP contribution in [-0.4, -0.2) is 87.2 Å². The third kappa shape index (κ3) is 7.15. The Hall–Kier alpha value is -3.84. The second kappa shape index (κ2) is 17.8. The van der Waals surface area contributed by atoms with Crippen molar-refractivity contribution < 1.29 is 38.1 Å². The van der Waals surface area contributed by atoms with Crippen molar-refractivity contribution in [2.24, 2.45) is 11.8 Å². The lowest BCUT2D eigenvalue weighted by Gasteiger charge is -2.33. The fraction of sp³-hybridized carbons (Fsp3) is 0.478. The van der Waals surface area contributed by atoms with Gasteiger partial charge in [0.1, 0.15) is 24.7 Å². The molecule has 0 aliphatic carbocycles. The second-order valence-corrected chi connectivity index (χ2v) is 17.3. The highest BCUT2D eigenvalue weighted by Gasteiger charge is 2.41. The molecule has 0 N–H and O–H groups in total. The van der Waals surface area contributed by atoms with E-state index in [-0.39, 0.29) is 61.9 Å². The Labute approximate surface area is 356 Å². The Morgan fingerprint density at radius 2 is 0.862 bits per heavy atom. The Morgan fingerprint density at radius 3 is 1.21 bits per heavy atom. The molecule has 2 unspecified atom stereocenters. The van der Waals surface area contributed by atoms with Gasteiger partial charge >= 0.3 is 0 Å². The molecule has 0 bridgehead atoms. The first kappa shape index (κ1) is 42.3. The molecule has 308 valence electrons. The van der Waals surface area contributed by atoms with Crippen LogP contribution in [0.3, 0.4) is 0 Å². The third-order valence-electron chi connectivity index (χ3n) is 12.1. The highest BCUT2D eigenvalue weighted by atomic mass is 79.9. The van der Waals surface area contributed by atoms with Gasteiger partial charge in [-0.2, -0.15) is 0 Å². The summed E-state index contributed by atoms with van der Waals surface area (Å²) >= 11 is 7.78. The number of carbonyl (C=O) groups is 4. The zero-order chi connectivity index (χ0) is 41.4. The predicted octanol–water partition coefficient (Wildman–Crippen LogP) is 10.9. The Morgan fingerprint density at radius 1 is 0.500 bits per heavy atom. The quantitative estimate of drug-likeness (QED) is 0.0328. The predicted molar refractivity (Wildman–Crippen MR) is 235 cm³/mol. The van der Waals surface area contributed by atoms with E-state index in [9.17, 15) is 19.2 Å². The SMILES string of the molecule is CCCCC(CC)CN1C(=O)c2cc(Br)c3c4c(OCCOC)cc5c6c(cc(OCCOC)c(c7c(Br)cc(c2c37)C1=O)c64)C(=O)N(CC(CC)CCCC)C5=O. The van der Waals surface area contributed by atoms with Gasteiger partial charge in [0.25, 0.3) is 23.6 Å². The number of hydrogen-bond acceptors (Lipinski definition) is 8. The van der Waals surface area contributed by atoms with Crippen LogP contribution in [0.15, 0.2) is 33.2 Å². The molecule has 0 radical (unpaired) electrons. The molecule has 12 heteroatoms. The van der Waals surface area contributed by atoms with Gasteiger partial charge in [-0.1, -0.05) is 98.1 Å². The van der Waals surface area contributed by atoms with Crippen LogP contribution in [0.1, 0.15) is 120 Å². The van der Waals surface area contributed by atoms with Crippen LogP contribution in [0.25, 0.3) is 43.1 Å². The maximum absolute atomic E-state index is 14.7. The standard InChI is InChI=1S/C46H52Br2N2O8/c1-7-11-13-25(9-3)23-49-43(51)27-19-31(47)37-39-33(57-17-15-55-5)21-29-36-30(46(54)50(45(29)53)24-26(10-4)14-12-8-2)22-34(58-18-16-56-6)40(42(36)39)38-32(48)20-28(44(49)52)35(27)41(37)38/h19-22,25-26H,7-18,23-24H2,1-6H3. The molecule has 4 amide bonds. The van der Waals surface area contributed by atoms with Crippen LogP contribution in [0.4, 0.5) is 0 Å². The van der Waals surface area contributed by atoms with Gasteiger partial charge in [-0.05, 0) is 48.9 Å². The molecule has 58 heavy (non-hydrogen) atoms. The van der Waals surface area contributed by atoms with Gasteiger partial charge in [0, 0.05) is 90.5 Å². The van der Waals surface area contributed by atoms with E-state index < -0.39 is 0 Å². The molecule has 0 spiro atoms. The number of amides is 4. The number of imide groups is 2. The van der Waals surface area contributed by atoms with E-state index in [1.54, 1.807) is 26.4 Å². The largest absolute Gasteiger partial charge is 0.490 e. The van der Waals surface area contributed by atoms with Crippen LogP contribution in [0.2, 0.25) is 0 Å². The zero-order valence-electron chi connectivity index (χ0n) is 34.3. The fourth-order valence-corrected chi connectivity index (χ4v) is 10.2. The van der Waals surface area contributed by atoms with Crippen molar-refractivity contribution >= 4 is 98.6 Å². The van der Waals surface area contributed by atoms with Crippen molar-refractivity contribution in [2.45, 2.75) is 79.1 Å². The molecule has 0 saturated heterocycles. The number of carbonyl (C=O) groups excluding carboxylic acids is 4. The summed E-state index contributed by atoms with van der Waals surface area (Å²) in [6, 6.07) is 7.12. The van der Waals surface area contributed by atoms with Crippen LogP contribution < -0.4 is 9.47 Å². The summed E-state index contributed by atoms with van der Waals surface area (Å²) in [4.78, 5) is 61.3. The van der Waals surface area contributed by atoms with E-state index in [1.165, 1.54) is 9.80 Å². The van der Waals surface area contributed by atoms with Gasteiger partial charge in [0.15, 0.2) is 0 Å². The average molecular weight is 921 g/mol. The number of methoxy groups -OCH3 is 2. The van der Waals surface area contributed by atoms with E-state index >= 15 is 0 Å². The van der Waals surface area contributed by atoms with Crippen molar-refractivity contribution in [3.05, 3.63) is 55.5 Å². The first-order chi connectivity index (χ1) is 28.1. The van der Waals surface area contributed by atoms with Crippen LogP contribution >= 0.6 is 31.9 Å². The van der Waals surface area contributed by atoms with Gasteiger partial charge in [-0.25, -0.2) is 0 Å². The minimum absolute atomic E-state index is 0.154. The van der Waals surface area contributed by atoms with Crippen molar-refractivity contribution in [1.29, 1.82) is 0 Å². The molecule has 5 aromatic rings. The molecule has 7 rings (SSSR count).